The molecule has 1 heterocycles. The Balaban J connectivity index is 1.64. The highest BCUT2D eigenvalue weighted by atomic mass is 16.2. The van der Waals surface area contributed by atoms with Gasteiger partial charge in [0, 0.05) is 37.9 Å². The van der Waals surface area contributed by atoms with Crippen molar-refractivity contribution in [3.63, 3.8) is 0 Å². The molecule has 3 rings (SSSR count). The number of nitrogens with zero attached hydrogens (tertiary/aromatic N) is 3. The molecule has 1 atom stereocenters. The van der Waals surface area contributed by atoms with Gasteiger partial charge in [-0.2, -0.15) is 0 Å². The number of carbonyl (C=O) groups is 1. The Morgan fingerprint density at radius 3 is 2.80 bits per heavy atom. The number of amides is 1. The van der Waals surface area contributed by atoms with Gasteiger partial charge in [-0.1, -0.05) is 6.42 Å². The van der Waals surface area contributed by atoms with Crippen molar-refractivity contribution < 1.29 is 4.79 Å². The van der Waals surface area contributed by atoms with E-state index in [1.54, 1.807) is 0 Å². The molecule has 1 unspecified atom stereocenters. The average Bonchev–Trinajstić information content (AvgIpc) is 2.35. The lowest BCUT2D eigenvalue weighted by Gasteiger charge is -2.30. The van der Waals surface area contributed by atoms with Crippen LogP contribution in [0.2, 0.25) is 0 Å². The summed E-state index contributed by atoms with van der Waals surface area (Å²) in [4.78, 5) is 22.9. The topological polar surface area (TPSA) is 58.1 Å². The molecule has 0 spiro atoms. The number of hydrogen-bond donors (Lipinski definition) is 1. The molecule has 1 aromatic rings. The first-order chi connectivity index (χ1) is 9.63. The zero-order valence-corrected chi connectivity index (χ0v) is 12.2. The van der Waals surface area contributed by atoms with Gasteiger partial charge in [0.2, 0.25) is 11.9 Å². The Kier molecular flexibility index (Phi) is 3.59. The summed E-state index contributed by atoms with van der Waals surface area (Å²) in [5.41, 5.74) is 2.32. The number of fused-ring (bicyclic) bond motifs is 1. The lowest BCUT2D eigenvalue weighted by molar-refractivity contribution is -0.128. The van der Waals surface area contributed by atoms with Crippen molar-refractivity contribution in [1.29, 1.82) is 0 Å². The third kappa shape index (κ3) is 2.62. The molecular formula is C15H22N4O. The van der Waals surface area contributed by atoms with Crippen molar-refractivity contribution >= 4 is 11.9 Å². The molecule has 1 fully saturated rings. The van der Waals surface area contributed by atoms with Gasteiger partial charge < -0.3 is 10.2 Å². The maximum Gasteiger partial charge on any atom is 0.224 e. The number of anilines is 1. The number of rotatable bonds is 3. The predicted molar refractivity (Wildman–Crippen MR) is 77.7 cm³/mol. The molecule has 1 N–H and O–H groups in total. The summed E-state index contributed by atoms with van der Waals surface area (Å²) in [7, 11) is 3.90. The van der Waals surface area contributed by atoms with Crippen LogP contribution < -0.4 is 10.2 Å². The summed E-state index contributed by atoms with van der Waals surface area (Å²) in [5, 5.41) is 3.19. The molecule has 5 heteroatoms. The number of aromatic nitrogens is 2. The summed E-state index contributed by atoms with van der Waals surface area (Å²) in [6.07, 6.45) is 8.01. The molecule has 0 saturated heterocycles. The van der Waals surface area contributed by atoms with E-state index in [0.717, 1.165) is 43.7 Å². The molecule has 0 aliphatic heterocycles. The van der Waals surface area contributed by atoms with Crippen molar-refractivity contribution in [3.8, 4) is 0 Å². The molecule has 1 amide bonds. The molecule has 0 aromatic carbocycles. The van der Waals surface area contributed by atoms with Gasteiger partial charge in [-0.15, -0.1) is 0 Å². The van der Waals surface area contributed by atoms with E-state index >= 15 is 0 Å². The van der Waals surface area contributed by atoms with Crippen LogP contribution in [0.3, 0.4) is 0 Å². The van der Waals surface area contributed by atoms with Crippen LogP contribution in [-0.2, 0) is 17.6 Å². The fraction of sp³-hybridized carbons (Fsp3) is 0.667. The number of nitrogens with one attached hydrogen (secondary N) is 1. The quantitative estimate of drug-likeness (QED) is 0.903. The van der Waals surface area contributed by atoms with Gasteiger partial charge in [-0.3, -0.25) is 4.79 Å². The van der Waals surface area contributed by atoms with Crippen molar-refractivity contribution in [2.45, 2.75) is 44.6 Å². The minimum absolute atomic E-state index is 0.246. The zero-order valence-electron chi connectivity index (χ0n) is 12.2. The minimum atomic E-state index is 0.246. The standard InChI is InChI=1S/C15H22N4O/c1-19(2)15-16-9-11-8-12(6-7-13(11)18-15)17-14(20)10-4-3-5-10/h9-10,12H,3-8H2,1-2H3,(H,17,20). The van der Waals surface area contributed by atoms with Gasteiger partial charge in [0.25, 0.3) is 0 Å². The smallest absolute Gasteiger partial charge is 0.224 e. The molecule has 2 aliphatic rings. The van der Waals surface area contributed by atoms with Crippen LogP contribution >= 0.6 is 0 Å². The van der Waals surface area contributed by atoms with Crippen LogP contribution in [0, 0.1) is 5.92 Å². The van der Waals surface area contributed by atoms with Gasteiger partial charge in [0.05, 0.1) is 0 Å². The van der Waals surface area contributed by atoms with E-state index in [2.05, 4.69) is 15.3 Å². The van der Waals surface area contributed by atoms with Gasteiger partial charge >= 0.3 is 0 Å². The molecule has 0 radical (unpaired) electrons. The van der Waals surface area contributed by atoms with Gasteiger partial charge in [-0.05, 0) is 37.7 Å². The van der Waals surface area contributed by atoms with E-state index in [1.165, 1.54) is 12.0 Å². The van der Waals surface area contributed by atoms with Crippen LogP contribution in [0.5, 0.6) is 0 Å². The Bertz CT molecular complexity index is 511. The molecule has 2 aliphatic carbocycles. The Labute approximate surface area is 119 Å². The molecule has 0 bridgehead atoms. The summed E-state index contributed by atoms with van der Waals surface area (Å²) in [6.45, 7) is 0. The monoisotopic (exact) mass is 274 g/mol. The van der Waals surface area contributed by atoms with E-state index in [9.17, 15) is 4.79 Å². The highest BCUT2D eigenvalue weighted by Crippen LogP contribution is 2.27. The molecule has 108 valence electrons. The minimum Gasteiger partial charge on any atom is -0.353 e. The Hall–Kier alpha value is -1.65. The maximum absolute atomic E-state index is 12.0. The second kappa shape index (κ2) is 5.38. The second-order valence-electron chi connectivity index (χ2n) is 6.11. The van der Waals surface area contributed by atoms with E-state index in [4.69, 9.17) is 0 Å². The molecule has 5 nitrogen and oxygen atoms in total. The molecule has 1 aromatic heterocycles. The van der Waals surface area contributed by atoms with Crippen LogP contribution in [0.1, 0.15) is 36.9 Å². The van der Waals surface area contributed by atoms with Crippen molar-refractivity contribution in [2.75, 3.05) is 19.0 Å². The first-order valence-corrected chi connectivity index (χ1v) is 7.46. The molecule has 20 heavy (non-hydrogen) atoms. The fourth-order valence-corrected chi connectivity index (χ4v) is 2.83. The van der Waals surface area contributed by atoms with Crippen LogP contribution in [0.4, 0.5) is 5.95 Å². The largest absolute Gasteiger partial charge is 0.353 e. The first-order valence-electron chi connectivity index (χ1n) is 7.46. The number of carbonyl (C=O) groups excluding carboxylic acids is 1. The Morgan fingerprint density at radius 1 is 1.35 bits per heavy atom. The van der Waals surface area contributed by atoms with E-state index in [1.807, 2.05) is 25.2 Å². The number of aryl methyl sites for hydroxylation is 1. The molecule has 1 saturated carbocycles. The summed E-state index contributed by atoms with van der Waals surface area (Å²) in [5.74, 6) is 1.28. The van der Waals surface area contributed by atoms with Crippen LogP contribution in [0.25, 0.3) is 0 Å². The van der Waals surface area contributed by atoms with E-state index < -0.39 is 0 Å². The lowest BCUT2D eigenvalue weighted by atomic mass is 9.84. The van der Waals surface area contributed by atoms with Gasteiger partial charge in [0.1, 0.15) is 0 Å². The van der Waals surface area contributed by atoms with Crippen molar-refractivity contribution in [2.24, 2.45) is 5.92 Å². The third-order valence-corrected chi connectivity index (χ3v) is 4.36. The van der Waals surface area contributed by atoms with Crippen LogP contribution in [0.15, 0.2) is 6.20 Å². The van der Waals surface area contributed by atoms with E-state index in [-0.39, 0.29) is 17.9 Å². The van der Waals surface area contributed by atoms with Crippen LogP contribution in [-0.4, -0.2) is 36.0 Å². The first kappa shape index (κ1) is 13.3. The second-order valence-corrected chi connectivity index (χ2v) is 6.11. The molecular weight excluding hydrogens is 252 g/mol. The fourth-order valence-electron chi connectivity index (χ4n) is 2.83. The predicted octanol–water partition coefficient (Wildman–Crippen LogP) is 1.32. The normalized spacial score (nSPS) is 21.8. The van der Waals surface area contributed by atoms with Gasteiger partial charge in [0.15, 0.2) is 0 Å². The summed E-state index contributed by atoms with van der Waals surface area (Å²) in [6, 6.07) is 0.254. The lowest BCUT2D eigenvalue weighted by Crippen LogP contribution is -2.43. The summed E-state index contributed by atoms with van der Waals surface area (Å²) >= 11 is 0. The average molecular weight is 274 g/mol. The van der Waals surface area contributed by atoms with Crippen molar-refractivity contribution in [1.82, 2.24) is 15.3 Å². The van der Waals surface area contributed by atoms with E-state index in [0.29, 0.717) is 0 Å². The highest BCUT2D eigenvalue weighted by Gasteiger charge is 2.28. The summed E-state index contributed by atoms with van der Waals surface area (Å²) < 4.78 is 0. The van der Waals surface area contributed by atoms with Crippen molar-refractivity contribution in [3.05, 3.63) is 17.5 Å². The highest BCUT2D eigenvalue weighted by molar-refractivity contribution is 5.79. The number of hydrogen-bond acceptors (Lipinski definition) is 4. The third-order valence-electron chi connectivity index (χ3n) is 4.36. The SMILES string of the molecule is CN(C)c1ncc2c(n1)CCC(NC(=O)C1CCC1)C2. The maximum atomic E-state index is 12.0. The van der Waals surface area contributed by atoms with Gasteiger partial charge in [-0.25, -0.2) is 9.97 Å². The Morgan fingerprint density at radius 2 is 2.15 bits per heavy atom. The zero-order chi connectivity index (χ0) is 14.1.